The predicted octanol–water partition coefficient (Wildman–Crippen LogP) is 4.53. The van der Waals surface area contributed by atoms with E-state index in [1.54, 1.807) is 0 Å². The summed E-state index contributed by atoms with van der Waals surface area (Å²) >= 11 is 0. The fourth-order valence-electron chi connectivity index (χ4n) is 4.22. The number of nitrogens with zero attached hydrogens (tertiary/aromatic N) is 1. The molecule has 1 aliphatic heterocycles. The lowest BCUT2D eigenvalue weighted by Gasteiger charge is -2.32. The second-order valence-electron chi connectivity index (χ2n) is 8.44. The number of hydrogen-bond acceptors (Lipinski definition) is 3. The van der Waals surface area contributed by atoms with Gasteiger partial charge in [-0.2, -0.15) is 0 Å². The van der Waals surface area contributed by atoms with Crippen LogP contribution in [0.15, 0.2) is 66.7 Å². The Morgan fingerprint density at radius 2 is 1.56 bits per heavy atom. The molecule has 1 N–H and O–H groups in total. The number of fused-ring (bicyclic) bond motifs is 1. The Hall–Kier alpha value is -3.47. The minimum absolute atomic E-state index is 0.00397. The van der Waals surface area contributed by atoms with Crippen molar-refractivity contribution in [1.82, 2.24) is 10.2 Å². The molecule has 3 aromatic rings. The monoisotopic (exact) mass is 428 g/mol. The molecule has 1 heterocycles. The number of hydrogen-bond donors (Lipinski definition) is 1. The van der Waals surface area contributed by atoms with Gasteiger partial charge in [0.15, 0.2) is 5.78 Å². The maximum absolute atomic E-state index is 12.8. The Labute approximate surface area is 188 Å². The van der Waals surface area contributed by atoms with Gasteiger partial charge in [-0.1, -0.05) is 66.2 Å². The summed E-state index contributed by atoms with van der Waals surface area (Å²) in [5, 5.41) is 5.12. The highest BCUT2D eigenvalue weighted by molar-refractivity contribution is 6.07. The fourth-order valence-corrected chi connectivity index (χ4v) is 4.22. The Morgan fingerprint density at radius 1 is 0.875 bits per heavy atom. The molecule has 5 nitrogen and oxygen atoms in total. The summed E-state index contributed by atoms with van der Waals surface area (Å²) in [4.78, 5) is 39.6. The molecule has 0 radical (unpaired) electrons. The third-order valence-corrected chi connectivity index (χ3v) is 6.16. The Morgan fingerprint density at radius 3 is 2.31 bits per heavy atom. The third kappa shape index (κ3) is 5.05. The van der Waals surface area contributed by atoms with E-state index in [0.29, 0.717) is 37.1 Å². The first-order valence-corrected chi connectivity index (χ1v) is 11.2. The molecule has 164 valence electrons. The van der Waals surface area contributed by atoms with Crippen LogP contribution < -0.4 is 5.32 Å². The molecule has 3 aromatic carbocycles. The van der Waals surface area contributed by atoms with E-state index < -0.39 is 0 Å². The van der Waals surface area contributed by atoms with Gasteiger partial charge in [-0.15, -0.1) is 0 Å². The van der Waals surface area contributed by atoms with Crippen LogP contribution in [0.3, 0.4) is 0 Å². The van der Waals surface area contributed by atoms with Crippen LogP contribution in [0.5, 0.6) is 0 Å². The molecule has 0 bridgehead atoms. The average molecular weight is 429 g/mol. The van der Waals surface area contributed by atoms with Crippen LogP contribution in [-0.4, -0.2) is 41.6 Å². The molecule has 0 aliphatic carbocycles. The van der Waals surface area contributed by atoms with Crippen molar-refractivity contribution in [2.24, 2.45) is 0 Å². The molecule has 1 aliphatic rings. The van der Waals surface area contributed by atoms with Crippen molar-refractivity contribution in [2.45, 2.75) is 38.6 Å². The highest BCUT2D eigenvalue weighted by Gasteiger charge is 2.25. The summed E-state index contributed by atoms with van der Waals surface area (Å²) in [6.45, 7) is 3.17. The highest BCUT2D eigenvalue weighted by atomic mass is 16.2. The van der Waals surface area contributed by atoms with Crippen LogP contribution in [0.2, 0.25) is 0 Å². The quantitative estimate of drug-likeness (QED) is 0.587. The van der Waals surface area contributed by atoms with Gasteiger partial charge in [0, 0.05) is 43.1 Å². The smallest absolute Gasteiger partial charge is 0.252 e. The lowest BCUT2D eigenvalue weighted by Crippen LogP contribution is -2.46. The van der Waals surface area contributed by atoms with E-state index in [2.05, 4.69) is 5.32 Å². The van der Waals surface area contributed by atoms with Gasteiger partial charge in [0.2, 0.25) is 5.91 Å². The van der Waals surface area contributed by atoms with E-state index >= 15 is 0 Å². The molecule has 0 unspecified atom stereocenters. The van der Waals surface area contributed by atoms with Crippen molar-refractivity contribution in [1.29, 1.82) is 0 Å². The fraction of sp³-hybridized carbons (Fsp3) is 0.296. The van der Waals surface area contributed by atoms with Crippen molar-refractivity contribution in [3.05, 3.63) is 83.4 Å². The second-order valence-corrected chi connectivity index (χ2v) is 8.44. The van der Waals surface area contributed by atoms with Crippen LogP contribution in [0, 0.1) is 6.92 Å². The van der Waals surface area contributed by atoms with Crippen LogP contribution >= 0.6 is 0 Å². The Bertz CT molecular complexity index is 1120. The zero-order valence-corrected chi connectivity index (χ0v) is 18.3. The van der Waals surface area contributed by atoms with Gasteiger partial charge in [-0.25, -0.2) is 0 Å². The molecule has 32 heavy (non-hydrogen) atoms. The Kier molecular flexibility index (Phi) is 6.64. The number of Topliss-reactive ketones (excluding diaryl/α,β-unsaturated/α-hetero) is 1. The normalized spacial score (nSPS) is 14.3. The molecular formula is C27H28N2O3. The van der Waals surface area contributed by atoms with Crippen LogP contribution in [0.1, 0.15) is 52.0 Å². The van der Waals surface area contributed by atoms with Crippen molar-refractivity contribution in [3.63, 3.8) is 0 Å². The molecule has 1 saturated heterocycles. The zero-order chi connectivity index (χ0) is 22.5. The van der Waals surface area contributed by atoms with Crippen molar-refractivity contribution in [3.8, 4) is 0 Å². The Balaban J connectivity index is 1.26. The van der Waals surface area contributed by atoms with Crippen LogP contribution in [-0.2, 0) is 4.79 Å². The largest absolute Gasteiger partial charge is 0.349 e. The van der Waals surface area contributed by atoms with E-state index in [4.69, 9.17) is 0 Å². The number of benzene rings is 3. The first-order valence-electron chi connectivity index (χ1n) is 11.2. The number of carbonyl (C=O) groups excluding carboxylic acids is 3. The molecule has 5 heteroatoms. The summed E-state index contributed by atoms with van der Waals surface area (Å²) in [5.41, 5.74) is 2.43. The zero-order valence-electron chi connectivity index (χ0n) is 18.3. The topological polar surface area (TPSA) is 66.5 Å². The molecule has 0 aromatic heterocycles. The van der Waals surface area contributed by atoms with Gasteiger partial charge in [0.25, 0.3) is 5.91 Å². The van der Waals surface area contributed by atoms with E-state index in [-0.39, 0.29) is 36.5 Å². The molecule has 1 fully saturated rings. The third-order valence-electron chi connectivity index (χ3n) is 6.16. The summed E-state index contributed by atoms with van der Waals surface area (Å²) < 4.78 is 0. The number of piperidine rings is 1. The van der Waals surface area contributed by atoms with Crippen molar-refractivity contribution in [2.75, 3.05) is 13.1 Å². The average Bonchev–Trinajstić information content (AvgIpc) is 2.82. The van der Waals surface area contributed by atoms with E-state index in [0.717, 1.165) is 16.3 Å². The van der Waals surface area contributed by atoms with Crippen LogP contribution in [0.4, 0.5) is 0 Å². The molecule has 4 rings (SSSR count). The van der Waals surface area contributed by atoms with Crippen LogP contribution in [0.25, 0.3) is 10.8 Å². The molecular weight excluding hydrogens is 400 g/mol. The first kappa shape index (κ1) is 21.8. The lowest BCUT2D eigenvalue weighted by molar-refractivity contribution is -0.132. The van der Waals surface area contributed by atoms with E-state index in [9.17, 15) is 14.4 Å². The van der Waals surface area contributed by atoms with E-state index in [1.165, 1.54) is 0 Å². The number of rotatable bonds is 6. The number of likely N-dealkylation sites (tertiary alicyclic amines) is 1. The number of amides is 2. The van der Waals surface area contributed by atoms with Gasteiger partial charge in [0.05, 0.1) is 0 Å². The lowest BCUT2D eigenvalue weighted by atomic mass is 10.0. The highest BCUT2D eigenvalue weighted by Crippen LogP contribution is 2.20. The standard InChI is InChI=1S/C27H28N2O3/c1-19-9-11-21(12-10-19)25(30)13-14-26(31)29-17-15-22(16-18-29)28-27(32)24-8-4-6-20-5-2-3-7-23(20)24/h2-12,22H,13-18H2,1H3,(H,28,32). The first-order chi connectivity index (χ1) is 15.5. The SMILES string of the molecule is Cc1ccc(C(=O)CCC(=O)N2CCC(NC(=O)c3cccc4ccccc34)CC2)cc1. The van der Waals surface area contributed by atoms with Gasteiger partial charge in [-0.3, -0.25) is 14.4 Å². The number of carbonyl (C=O) groups is 3. The molecule has 0 spiro atoms. The molecule has 2 amide bonds. The summed E-state index contributed by atoms with van der Waals surface area (Å²) in [7, 11) is 0. The molecule has 0 atom stereocenters. The number of ketones is 1. The van der Waals surface area contributed by atoms with E-state index in [1.807, 2.05) is 78.6 Å². The predicted molar refractivity (Wildman–Crippen MR) is 126 cm³/mol. The molecule has 0 saturated carbocycles. The van der Waals surface area contributed by atoms with Crippen molar-refractivity contribution < 1.29 is 14.4 Å². The maximum Gasteiger partial charge on any atom is 0.252 e. The minimum Gasteiger partial charge on any atom is -0.349 e. The van der Waals surface area contributed by atoms with Crippen molar-refractivity contribution >= 4 is 28.4 Å². The summed E-state index contributed by atoms with van der Waals surface area (Å²) in [6, 6.07) is 21.1. The minimum atomic E-state index is -0.0738. The number of nitrogens with one attached hydrogen (secondary N) is 1. The van der Waals surface area contributed by atoms with Gasteiger partial charge < -0.3 is 10.2 Å². The number of aryl methyl sites for hydroxylation is 1. The maximum atomic E-state index is 12.8. The second kappa shape index (κ2) is 9.77. The summed E-state index contributed by atoms with van der Waals surface area (Å²) in [5.74, 6) is -0.0739. The van der Waals surface area contributed by atoms with Gasteiger partial charge in [0.1, 0.15) is 0 Å². The van der Waals surface area contributed by atoms with Gasteiger partial charge in [-0.05, 0) is 36.6 Å². The van der Waals surface area contributed by atoms with Gasteiger partial charge >= 0.3 is 0 Å². The summed E-state index contributed by atoms with van der Waals surface area (Å²) in [6.07, 6.45) is 1.88.